The van der Waals surface area contributed by atoms with Gasteiger partial charge in [-0.15, -0.1) is 0 Å². The smallest absolute Gasteiger partial charge is 0.289 e. The van der Waals surface area contributed by atoms with E-state index < -0.39 is 23.8 Å². The fourth-order valence-corrected chi connectivity index (χ4v) is 3.65. The number of likely N-dealkylation sites (tertiary alicyclic amines) is 1. The second-order valence-corrected chi connectivity index (χ2v) is 7.22. The van der Waals surface area contributed by atoms with E-state index in [-0.39, 0.29) is 17.4 Å². The summed E-state index contributed by atoms with van der Waals surface area (Å²) in [6.45, 7) is 2.34. The Morgan fingerprint density at radius 2 is 1.93 bits per heavy atom. The van der Waals surface area contributed by atoms with Crippen molar-refractivity contribution in [2.24, 2.45) is 0 Å². The number of carbonyl (C=O) groups is 1. The maximum Gasteiger partial charge on any atom is 0.289 e. The van der Waals surface area contributed by atoms with Crippen molar-refractivity contribution in [1.29, 1.82) is 0 Å². The molecule has 0 saturated carbocycles. The number of halogens is 2. The quantitative estimate of drug-likeness (QED) is 0.719. The van der Waals surface area contributed by atoms with Crippen LogP contribution < -0.4 is 4.74 Å². The molecule has 7 heteroatoms. The second kappa shape index (κ2) is 7.83. The largest absolute Gasteiger partial charge is 0.485 e. The van der Waals surface area contributed by atoms with Crippen LogP contribution in [0.15, 0.2) is 46.9 Å². The van der Waals surface area contributed by atoms with Gasteiger partial charge >= 0.3 is 0 Å². The molecule has 1 N–H and O–H groups in total. The number of aliphatic hydroxyl groups excluding tert-OH is 1. The number of carbonyl (C=O) groups excluding carboxylic acids is 1. The molecule has 2 heterocycles. The van der Waals surface area contributed by atoms with Crippen molar-refractivity contribution < 1.29 is 27.8 Å². The van der Waals surface area contributed by atoms with Crippen molar-refractivity contribution in [3.63, 3.8) is 0 Å². The summed E-state index contributed by atoms with van der Waals surface area (Å²) in [6, 6.07) is 10.1. The highest BCUT2D eigenvalue weighted by atomic mass is 19.1. The zero-order valence-corrected chi connectivity index (χ0v) is 15.9. The molecule has 0 spiro atoms. The maximum absolute atomic E-state index is 13.9. The Morgan fingerprint density at radius 1 is 1.17 bits per heavy atom. The molecule has 0 bridgehead atoms. The van der Waals surface area contributed by atoms with Gasteiger partial charge in [-0.2, -0.15) is 0 Å². The van der Waals surface area contributed by atoms with Gasteiger partial charge in [-0.25, -0.2) is 8.78 Å². The number of rotatable bonds is 3. The topological polar surface area (TPSA) is 62.9 Å². The van der Waals surface area contributed by atoms with Crippen molar-refractivity contribution in [1.82, 2.24) is 4.90 Å². The van der Waals surface area contributed by atoms with Gasteiger partial charge in [-0.3, -0.25) is 4.79 Å². The summed E-state index contributed by atoms with van der Waals surface area (Å²) in [5.74, 6) is -0.980. The first kappa shape index (κ1) is 19.4. The Morgan fingerprint density at radius 3 is 2.72 bits per heavy atom. The molecule has 0 aliphatic carbocycles. The summed E-state index contributed by atoms with van der Waals surface area (Å²) in [5, 5.41) is 11.0. The SMILES string of the molecule is Cc1c(C(=O)N2CC[C@H](Oc3ccccc3F)[C@@H](O)CC2)oc2ccc(F)cc12. The second-order valence-electron chi connectivity index (χ2n) is 7.22. The fourth-order valence-electron chi connectivity index (χ4n) is 3.65. The molecule has 152 valence electrons. The minimum Gasteiger partial charge on any atom is -0.485 e. The van der Waals surface area contributed by atoms with E-state index >= 15 is 0 Å². The molecule has 5 nitrogen and oxygen atoms in total. The third-order valence-corrected chi connectivity index (χ3v) is 5.30. The molecule has 0 radical (unpaired) electrons. The first-order valence-corrected chi connectivity index (χ1v) is 9.51. The number of aryl methyl sites for hydroxylation is 1. The monoisotopic (exact) mass is 401 g/mol. The van der Waals surface area contributed by atoms with E-state index in [0.717, 1.165) is 0 Å². The molecule has 3 aromatic rings. The van der Waals surface area contributed by atoms with E-state index in [1.54, 1.807) is 24.0 Å². The van der Waals surface area contributed by atoms with Gasteiger partial charge in [0.15, 0.2) is 17.3 Å². The van der Waals surface area contributed by atoms with Gasteiger partial charge in [0, 0.05) is 30.5 Å². The normalized spacial score (nSPS) is 19.9. The van der Waals surface area contributed by atoms with E-state index in [0.29, 0.717) is 42.5 Å². The van der Waals surface area contributed by atoms with E-state index in [1.807, 2.05) is 0 Å². The number of fused-ring (bicyclic) bond motifs is 1. The molecule has 1 fully saturated rings. The van der Waals surface area contributed by atoms with Gasteiger partial charge in [0.1, 0.15) is 17.5 Å². The molecule has 2 atom stereocenters. The molecular weight excluding hydrogens is 380 g/mol. The summed E-state index contributed by atoms with van der Waals surface area (Å²) in [6.07, 6.45) is -0.831. The average molecular weight is 401 g/mol. The molecular formula is C22H21F2NO4. The molecule has 1 amide bonds. The van der Waals surface area contributed by atoms with Gasteiger partial charge in [0.2, 0.25) is 0 Å². The summed E-state index contributed by atoms with van der Waals surface area (Å²) in [5.41, 5.74) is 1.02. The number of para-hydroxylation sites is 1. The highest BCUT2D eigenvalue weighted by Gasteiger charge is 2.31. The van der Waals surface area contributed by atoms with Gasteiger partial charge in [0.25, 0.3) is 5.91 Å². The van der Waals surface area contributed by atoms with Gasteiger partial charge in [-0.1, -0.05) is 12.1 Å². The molecule has 1 aliphatic rings. The first-order valence-electron chi connectivity index (χ1n) is 9.51. The molecule has 1 aliphatic heterocycles. The van der Waals surface area contributed by atoms with Crippen LogP contribution in [0.4, 0.5) is 8.78 Å². The van der Waals surface area contributed by atoms with E-state index in [1.165, 1.54) is 30.3 Å². The van der Waals surface area contributed by atoms with Gasteiger partial charge in [-0.05, 0) is 43.7 Å². The molecule has 2 aromatic carbocycles. The van der Waals surface area contributed by atoms with Gasteiger partial charge < -0.3 is 19.2 Å². The zero-order chi connectivity index (χ0) is 20.5. The lowest BCUT2D eigenvalue weighted by Gasteiger charge is -2.22. The summed E-state index contributed by atoms with van der Waals surface area (Å²) < 4.78 is 38.7. The molecule has 1 saturated heterocycles. The van der Waals surface area contributed by atoms with Crippen LogP contribution in [0.2, 0.25) is 0 Å². The number of benzene rings is 2. The summed E-state index contributed by atoms with van der Waals surface area (Å²) >= 11 is 0. The van der Waals surface area contributed by atoms with Crippen LogP contribution in [0.5, 0.6) is 5.75 Å². The Bertz CT molecular complexity index is 1050. The Hall–Kier alpha value is -2.93. The number of nitrogens with zero attached hydrogens (tertiary/aromatic N) is 1. The van der Waals surface area contributed by atoms with E-state index in [9.17, 15) is 18.7 Å². The van der Waals surface area contributed by atoms with Gasteiger partial charge in [0.05, 0.1) is 6.10 Å². The predicted molar refractivity (Wildman–Crippen MR) is 103 cm³/mol. The number of hydrogen-bond donors (Lipinski definition) is 1. The van der Waals surface area contributed by atoms with Crippen LogP contribution in [0, 0.1) is 18.6 Å². The van der Waals surface area contributed by atoms with Crippen molar-refractivity contribution in [2.75, 3.05) is 13.1 Å². The van der Waals surface area contributed by atoms with E-state index in [4.69, 9.17) is 9.15 Å². The standard InChI is InChI=1S/C22H21F2NO4/c1-13-15-12-14(23)6-7-18(15)29-21(13)22(27)25-10-8-17(26)20(9-11-25)28-19-5-3-2-4-16(19)24/h2-7,12,17,20,26H,8-11H2,1H3/t17-,20-/m0/s1. The van der Waals surface area contributed by atoms with Crippen LogP contribution in [0.25, 0.3) is 11.0 Å². The Balaban J connectivity index is 1.51. The van der Waals surface area contributed by atoms with Crippen LogP contribution in [-0.4, -0.2) is 41.2 Å². The molecule has 1 aromatic heterocycles. The number of hydrogen-bond acceptors (Lipinski definition) is 4. The highest BCUT2D eigenvalue weighted by molar-refractivity contribution is 5.98. The third kappa shape index (κ3) is 3.82. The van der Waals surface area contributed by atoms with Crippen LogP contribution >= 0.6 is 0 Å². The summed E-state index contributed by atoms with van der Waals surface area (Å²) in [7, 11) is 0. The fraction of sp³-hybridized carbons (Fsp3) is 0.318. The summed E-state index contributed by atoms with van der Waals surface area (Å²) in [4.78, 5) is 14.6. The molecule has 0 unspecified atom stereocenters. The van der Waals surface area contributed by atoms with Crippen LogP contribution in [0.3, 0.4) is 0 Å². The number of amides is 1. The predicted octanol–water partition coefficient (Wildman–Crippen LogP) is 4.06. The Kier molecular flexibility index (Phi) is 5.24. The number of furan rings is 1. The van der Waals surface area contributed by atoms with Crippen molar-refractivity contribution >= 4 is 16.9 Å². The zero-order valence-electron chi connectivity index (χ0n) is 15.9. The lowest BCUT2D eigenvalue weighted by molar-refractivity contribution is 0.0328. The van der Waals surface area contributed by atoms with Crippen molar-refractivity contribution in [3.8, 4) is 5.75 Å². The lowest BCUT2D eigenvalue weighted by Crippen LogP contribution is -2.32. The van der Waals surface area contributed by atoms with Crippen molar-refractivity contribution in [2.45, 2.75) is 32.0 Å². The van der Waals surface area contributed by atoms with Crippen molar-refractivity contribution in [3.05, 3.63) is 65.4 Å². The number of ether oxygens (including phenoxy) is 1. The molecule has 4 rings (SSSR count). The van der Waals surface area contributed by atoms with Crippen LogP contribution in [-0.2, 0) is 0 Å². The third-order valence-electron chi connectivity index (χ3n) is 5.30. The van der Waals surface area contributed by atoms with Crippen LogP contribution in [0.1, 0.15) is 29.0 Å². The highest BCUT2D eigenvalue weighted by Crippen LogP contribution is 2.28. The maximum atomic E-state index is 13.9. The Labute approximate surface area is 166 Å². The average Bonchev–Trinajstić information content (AvgIpc) is 2.91. The number of aliphatic hydroxyl groups is 1. The minimum atomic E-state index is -0.835. The minimum absolute atomic E-state index is 0.0754. The lowest BCUT2D eigenvalue weighted by atomic mass is 10.1. The van der Waals surface area contributed by atoms with E-state index in [2.05, 4.69) is 0 Å². The molecule has 29 heavy (non-hydrogen) atoms. The first-order chi connectivity index (χ1) is 13.9.